The van der Waals surface area contributed by atoms with Crippen LogP contribution in [0.2, 0.25) is 0 Å². The van der Waals surface area contributed by atoms with Gasteiger partial charge >= 0.3 is 12.0 Å². The summed E-state index contributed by atoms with van der Waals surface area (Å²) in [4.78, 5) is 32.7. The maximum Gasteiger partial charge on any atom is 0.340 e. The van der Waals surface area contributed by atoms with Gasteiger partial charge in [-0.15, -0.1) is 4.91 Å². The van der Waals surface area contributed by atoms with Gasteiger partial charge in [-0.1, -0.05) is 0 Å². The topological polar surface area (TPSA) is 88.1 Å². The van der Waals surface area contributed by atoms with E-state index in [1.807, 2.05) is 0 Å². The molecule has 0 atom stereocenters. The Bertz CT molecular complexity index is 332. The highest BCUT2D eigenvalue weighted by atomic mass is 19.1. The van der Waals surface area contributed by atoms with Gasteiger partial charge in [0.25, 0.3) is 0 Å². The van der Waals surface area contributed by atoms with E-state index in [0.717, 1.165) is 0 Å². The van der Waals surface area contributed by atoms with E-state index >= 15 is 0 Å². The third kappa shape index (κ3) is 5.19. The van der Waals surface area contributed by atoms with Gasteiger partial charge in [0.15, 0.2) is 0 Å². The van der Waals surface area contributed by atoms with E-state index in [2.05, 4.69) is 10.6 Å². The summed E-state index contributed by atoms with van der Waals surface area (Å²) in [5, 5.41) is 5.60. The van der Waals surface area contributed by atoms with E-state index in [-0.39, 0.29) is 24.7 Å². The highest BCUT2D eigenvalue weighted by Gasteiger charge is 2.25. The number of halogens is 1. The van der Waals surface area contributed by atoms with E-state index in [1.165, 1.54) is 6.92 Å². The molecule has 1 aliphatic rings. The van der Waals surface area contributed by atoms with Gasteiger partial charge in [-0.05, 0) is 25.7 Å². The predicted molar refractivity (Wildman–Crippen MR) is 64.8 cm³/mol. The average molecular weight is 275 g/mol. The number of ether oxygens (including phenoxy) is 1. The fourth-order valence-corrected chi connectivity index (χ4v) is 2.07. The molecule has 0 aromatic carbocycles. The summed E-state index contributed by atoms with van der Waals surface area (Å²) < 4.78 is 17.1. The average Bonchev–Trinajstić information content (AvgIpc) is 2.37. The van der Waals surface area contributed by atoms with Crippen LogP contribution in [-0.2, 0) is 9.53 Å². The molecule has 0 bridgehead atoms. The number of nitrogens with zero attached hydrogens (tertiary/aromatic N) is 2. The molecule has 1 N–H and O–H groups in total. The maximum absolute atomic E-state index is 12.1. The number of rotatable bonds is 5. The molecule has 0 saturated heterocycles. The lowest BCUT2D eigenvalue weighted by Crippen LogP contribution is -2.45. The van der Waals surface area contributed by atoms with Crippen LogP contribution in [0.15, 0.2) is 5.29 Å². The molecule has 1 saturated carbocycles. The lowest BCUT2D eigenvalue weighted by atomic mass is 9.93. The van der Waals surface area contributed by atoms with Gasteiger partial charge in [-0.25, -0.2) is 9.18 Å². The van der Waals surface area contributed by atoms with Crippen molar-refractivity contribution in [3.8, 4) is 0 Å². The molecule has 0 unspecified atom stereocenters. The third-order valence-electron chi connectivity index (χ3n) is 2.96. The number of amides is 2. The van der Waals surface area contributed by atoms with Crippen molar-refractivity contribution in [1.29, 1.82) is 0 Å². The second-order valence-electron chi connectivity index (χ2n) is 4.43. The first-order chi connectivity index (χ1) is 9.06. The number of carbonyl (C=O) groups is 2. The van der Waals surface area contributed by atoms with Crippen molar-refractivity contribution in [2.75, 3.05) is 13.2 Å². The quantitative estimate of drug-likeness (QED) is 0.468. The van der Waals surface area contributed by atoms with Crippen LogP contribution in [0.4, 0.5) is 9.18 Å². The van der Waals surface area contributed by atoms with Crippen molar-refractivity contribution in [2.24, 2.45) is 5.29 Å². The number of nitroso groups, excluding NO2 is 1. The number of urea groups is 1. The van der Waals surface area contributed by atoms with E-state index in [9.17, 15) is 18.9 Å². The summed E-state index contributed by atoms with van der Waals surface area (Å²) in [5.41, 5.74) is 0. The molecule has 1 rings (SSSR count). The molecule has 0 aromatic rings. The van der Waals surface area contributed by atoms with Gasteiger partial charge in [-0.2, -0.15) is 5.01 Å². The van der Waals surface area contributed by atoms with E-state index in [4.69, 9.17) is 4.74 Å². The first kappa shape index (κ1) is 15.3. The van der Waals surface area contributed by atoms with E-state index in [0.29, 0.717) is 30.7 Å². The predicted octanol–water partition coefficient (Wildman–Crippen LogP) is 1.52. The van der Waals surface area contributed by atoms with Crippen molar-refractivity contribution in [1.82, 2.24) is 10.3 Å². The van der Waals surface area contributed by atoms with Crippen LogP contribution < -0.4 is 5.32 Å². The Morgan fingerprint density at radius 2 is 2.00 bits per heavy atom. The van der Waals surface area contributed by atoms with Crippen molar-refractivity contribution < 1.29 is 18.7 Å². The number of esters is 1. The lowest BCUT2D eigenvalue weighted by Gasteiger charge is -2.29. The van der Waals surface area contributed by atoms with Crippen LogP contribution in [0, 0.1) is 4.91 Å². The van der Waals surface area contributed by atoms with Crippen molar-refractivity contribution in [3.63, 3.8) is 0 Å². The SMILES string of the molecule is CC(=O)OC1CCC(NC(=O)N(CCF)N=O)CC1. The molecule has 7 nitrogen and oxygen atoms in total. The smallest absolute Gasteiger partial charge is 0.340 e. The summed E-state index contributed by atoms with van der Waals surface area (Å²) in [6.45, 7) is 0.189. The Balaban J connectivity index is 2.33. The zero-order valence-electron chi connectivity index (χ0n) is 10.8. The third-order valence-corrected chi connectivity index (χ3v) is 2.96. The zero-order chi connectivity index (χ0) is 14.3. The fourth-order valence-electron chi connectivity index (χ4n) is 2.07. The van der Waals surface area contributed by atoms with Crippen LogP contribution in [0.25, 0.3) is 0 Å². The van der Waals surface area contributed by atoms with Crippen LogP contribution in [0.3, 0.4) is 0 Å². The highest BCUT2D eigenvalue weighted by molar-refractivity contribution is 5.74. The van der Waals surface area contributed by atoms with Crippen molar-refractivity contribution in [2.45, 2.75) is 44.8 Å². The minimum atomic E-state index is -0.821. The van der Waals surface area contributed by atoms with E-state index < -0.39 is 12.7 Å². The van der Waals surface area contributed by atoms with Gasteiger partial charge in [0, 0.05) is 13.0 Å². The molecule has 1 aliphatic carbocycles. The molecule has 108 valence electrons. The maximum atomic E-state index is 12.1. The number of hydrogen-bond donors (Lipinski definition) is 1. The highest BCUT2D eigenvalue weighted by Crippen LogP contribution is 2.21. The fraction of sp³-hybridized carbons (Fsp3) is 0.818. The summed E-state index contributed by atoms with van der Waals surface area (Å²) in [6, 6.07) is -0.799. The molecule has 1 fully saturated rings. The summed E-state index contributed by atoms with van der Waals surface area (Å²) in [6.07, 6.45) is 2.49. The number of nitrogens with one attached hydrogen (secondary N) is 1. The molecule has 19 heavy (non-hydrogen) atoms. The second kappa shape index (κ2) is 7.65. The summed E-state index contributed by atoms with van der Waals surface area (Å²) >= 11 is 0. The molecule has 2 amide bonds. The number of carbonyl (C=O) groups excluding carboxylic acids is 2. The van der Waals surface area contributed by atoms with Gasteiger partial charge in [0.2, 0.25) is 0 Å². The normalized spacial score (nSPS) is 22.4. The monoisotopic (exact) mass is 275 g/mol. The Morgan fingerprint density at radius 3 is 2.47 bits per heavy atom. The van der Waals surface area contributed by atoms with Gasteiger partial charge in [-0.3, -0.25) is 4.79 Å². The first-order valence-electron chi connectivity index (χ1n) is 6.21. The van der Waals surface area contributed by atoms with Crippen molar-refractivity contribution >= 4 is 12.0 Å². The molecule has 0 spiro atoms. The van der Waals surface area contributed by atoms with Crippen LogP contribution in [-0.4, -0.2) is 42.4 Å². The van der Waals surface area contributed by atoms with E-state index in [1.54, 1.807) is 0 Å². The molecule has 0 heterocycles. The lowest BCUT2D eigenvalue weighted by molar-refractivity contribution is -0.147. The molecule has 0 aliphatic heterocycles. The largest absolute Gasteiger partial charge is 0.463 e. The Morgan fingerprint density at radius 1 is 1.37 bits per heavy atom. The first-order valence-corrected chi connectivity index (χ1v) is 6.21. The number of hydrogen-bond acceptors (Lipinski definition) is 5. The Kier molecular flexibility index (Phi) is 6.17. The van der Waals surface area contributed by atoms with Gasteiger partial charge in [0.1, 0.15) is 12.8 Å². The van der Waals surface area contributed by atoms with Crippen LogP contribution >= 0.6 is 0 Å². The Hall–Kier alpha value is -1.73. The second-order valence-corrected chi connectivity index (χ2v) is 4.43. The van der Waals surface area contributed by atoms with Crippen LogP contribution in [0.5, 0.6) is 0 Å². The molecule has 0 aromatic heterocycles. The zero-order valence-corrected chi connectivity index (χ0v) is 10.8. The van der Waals surface area contributed by atoms with Gasteiger partial charge < -0.3 is 10.1 Å². The Labute approximate surface area is 110 Å². The standard InChI is InChI=1S/C11H18FN3O4/c1-8(16)19-10-4-2-9(3-5-10)13-11(17)15(14-18)7-6-12/h9-10H,2-7H2,1H3,(H,13,17). The van der Waals surface area contributed by atoms with Gasteiger partial charge in [0.05, 0.1) is 11.8 Å². The minimum absolute atomic E-state index is 0.108. The number of alkyl halides is 1. The molecule has 8 heteroatoms. The molecular weight excluding hydrogens is 257 g/mol. The summed E-state index contributed by atoms with van der Waals surface area (Å²) in [7, 11) is 0. The molecular formula is C11H18FN3O4. The minimum Gasteiger partial charge on any atom is -0.463 e. The van der Waals surface area contributed by atoms with Crippen LogP contribution in [0.1, 0.15) is 32.6 Å². The molecule has 0 radical (unpaired) electrons. The summed E-state index contributed by atoms with van der Waals surface area (Å²) in [5.74, 6) is -0.313. The van der Waals surface area contributed by atoms with Crippen molar-refractivity contribution in [3.05, 3.63) is 4.91 Å².